The van der Waals surface area contributed by atoms with Gasteiger partial charge < -0.3 is 5.32 Å². The van der Waals surface area contributed by atoms with Crippen LogP contribution in [-0.2, 0) is 11.2 Å². The average Bonchev–Trinajstić information content (AvgIpc) is 2.59. The van der Waals surface area contributed by atoms with Crippen molar-refractivity contribution in [2.75, 3.05) is 19.4 Å². The molecule has 0 aliphatic carbocycles. The lowest BCUT2D eigenvalue weighted by molar-refractivity contribution is -0.125. The number of nitrogens with zero attached hydrogens (tertiary/aromatic N) is 1. The lowest BCUT2D eigenvalue weighted by Gasteiger charge is -2.16. The first kappa shape index (κ1) is 9.98. The van der Waals surface area contributed by atoms with Crippen LogP contribution in [0.15, 0.2) is 24.3 Å². The molecule has 1 aromatic rings. The second kappa shape index (κ2) is 3.90. The zero-order valence-electron chi connectivity index (χ0n) is 8.95. The highest BCUT2D eigenvalue weighted by Gasteiger charge is 2.26. The summed E-state index contributed by atoms with van der Waals surface area (Å²) in [4.78, 5) is 11.7. The molecule has 4 nitrogen and oxygen atoms in total. The van der Waals surface area contributed by atoms with Gasteiger partial charge in [-0.05, 0) is 11.6 Å². The molecular formula is C11H15N3O. The molecule has 1 aromatic carbocycles. The lowest BCUT2D eigenvalue weighted by atomic mass is 10.1. The van der Waals surface area contributed by atoms with Gasteiger partial charge in [0.25, 0.3) is 5.91 Å². The molecular weight excluding hydrogens is 190 g/mol. The third-order valence-electron chi connectivity index (χ3n) is 2.42. The third kappa shape index (κ3) is 2.10. The minimum atomic E-state index is -0.148. The quantitative estimate of drug-likeness (QED) is 0.695. The monoisotopic (exact) mass is 205 g/mol. The summed E-state index contributed by atoms with van der Waals surface area (Å²) in [5.41, 5.74) is 5.02. The second-order valence-electron chi connectivity index (χ2n) is 3.93. The SMILES string of the molecule is CN(C)NC(=O)[C@@H]1Cc2ccccc2N1. The Morgan fingerprint density at radius 2 is 2.20 bits per heavy atom. The molecule has 0 radical (unpaired) electrons. The highest BCUT2D eigenvalue weighted by molar-refractivity contribution is 5.86. The summed E-state index contributed by atoms with van der Waals surface area (Å²) in [5, 5.41) is 4.86. The van der Waals surface area contributed by atoms with Gasteiger partial charge in [-0.3, -0.25) is 10.2 Å². The van der Waals surface area contributed by atoms with E-state index >= 15 is 0 Å². The third-order valence-corrected chi connectivity index (χ3v) is 2.42. The molecule has 1 aliphatic rings. The molecule has 0 saturated carbocycles. The van der Waals surface area contributed by atoms with E-state index in [1.165, 1.54) is 5.56 Å². The molecule has 1 aliphatic heterocycles. The predicted octanol–water partition coefficient (Wildman–Crippen LogP) is 0.616. The molecule has 0 spiro atoms. The van der Waals surface area contributed by atoms with Crippen LogP contribution in [0.3, 0.4) is 0 Å². The van der Waals surface area contributed by atoms with Gasteiger partial charge in [-0.25, -0.2) is 5.01 Å². The van der Waals surface area contributed by atoms with Crippen LogP contribution in [0.5, 0.6) is 0 Å². The van der Waals surface area contributed by atoms with Gasteiger partial charge in [0.05, 0.1) is 0 Å². The Labute approximate surface area is 89.2 Å². The van der Waals surface area contributed by atoms with Crippen molar-refractivity contribution in [3.05, 3.63) is 29.8 Å². The van der Waals surface area contributed by atoms with Crippen LogP contribution >= 0.6 is 0 Å². The van der Waals surface area contributed by atoms with Crippen LogP contribution in [0.25, 0.3) is 0 Å². The Balaban J connectivity index is 2.04. The smallest absolute Gasteiger partial charge is 0.257 e. The van der Waals surface area contributed by atoms with Gasteiger partial charge in [-0.15, -0.1) is 0 Å². The molecule has 15 heavy (non-hydrogen) atoms. The van der Waals surface area contributed by atoms with E-state index in [9.17, 15) is 4.79 Å². The lowest BCUT2D eigenvalue weighted by Crippen LogP contribution is -2.45. The van der Waals surface area contributed by atoms with Crippen molar-refractivity contribution in [1.29, 1.82) is 0 Å². The van der Waals surface area contributed by atoms with Crippen molar-refractivity contribution >= 4 is 11.6 Å². The number of para-hydroxylation sites is 1. The number of carbonyl (C=O) groups excluding carboxylic acids is 1. The minimum absolute atomic E-state index is 0.0104. The maximum atomic E-state index is 11.7. The number of fused-ring (bicyclic) bond motifs is 1. The standard InChI is InChI=1S/C11H15N3O/c1-14(2)13-11(15)10-7-8-5-3-4-6-9(8)12-10/h3-6,10,12H,7H2,1-2H3,(H,13,15)/t10-/m0/s1. The summed E-state index contributed by atoms with van der Waals surface area (Å²) in [6.45, 7) is 0. The van der Waals surface area contributed by atoms with E-state index in [1.807, 2.05) is 24.3 Å². The fourth-order valence-corrected chi connectivity index (χ4v) is 1.75. The maximum absolute atomic E-state index is 11.7. The van der Waals surface area contributed by atoms with Crippen molar-refractivity contribution in [1.82, 2.24) is 10.4 Å². The summed E-state index contributed by atoms with van der Waals surface area (Å²) in [5.74, 6) is 0.0104. The number of rotatable bonds is 2. The van der Waals surface area contributed by atoms with Crippen LogP contribution in [0.1, 0.15) is 5.56 Å². The first-order chi connectivity index (χ1) is 7.16. The molecule has 0 unspecified atom stereocenters. The molecule has 1 atom stereocenters. The molecule has 0 bridgehead atoms. The summed E-state index contributed by atoms with van der Waals surface area (Å²) in [6, 6.07) is 7.86. The number of anilines is 1. The van der Waals surface area contributed by atoms with Gasteiger partial charge >= 0.3 is 0 Å². The Morgan fingerprint density at radius 1 is 1.47 bits per heavy atom. The van der Waals surface area contributed by atoms with Crippen LogP contribution in [0.4, 0.5) is 5.69 Å². The molecule has 2 N–H and O–H groups in total. The molecule has 1 heterocycles. The molecule has 80 valence electrons. The number of nitrogens with one attached hydrogen (secondary N) is 2. The average molecular weight is 205 g/mol. The van der Waals surface area contributed by atoms with Gasteiger partial charge in [-0.1, -0.05) is 18.2 Å². The fourth-order valence-electron chi connectivity index (χ4n) is 1.75. The van der Waals surface area contributed by atoms with Gasteiger partial charge in [0.15, 0.2) is 0 Å². The fraction of sp³-hybridized carbons (Fsp3) is 0.364. The van der Waals surface area contributed by atoms with E-state index in [4.69, 9.17) is 0 Å². The van der Waals surface area contributed by atoms with Crippen LogP contribution in [0, 0.1) is 0 Å². The molecule has 0 aromatic heterocycles. The normalized spacial score (nSPS) is 18.5. The Morgan fingerprint density at radius 3 is 2.87 bits per heavy atom. The number of carbonyl (C=O) groups is 1. The predicted molar refractivity (Wildman–Crippen MR) is 59.4 cm³/mol. The number of hydrogen-bond acceptors (Lipinski definition) is 3. The van der Waals surface area contributed by atoms with Crippen LogP contribution < -0.4 is 10.7 Å². The number of hydrazine groups is 1. The van der Waals surface area contributed by atoms with Gasteiger partial charge in [0, 0.05) is 26.2 Å². The number of hydrogen-bond donors (Lipinski definition) is 2. The van der Waals surface area contributed by atoms with Crippen molar-refractivity contribution < 1.29 is 4.79 Å². The van der Waals surface area contributed by atoms with Crippen molar-refractivity contribution in [3.8, 4) is 0 Å². The van der Waals surface area contributed by atoms with E-state index in [0.29, 0.717) is 0 Å². The maximum Gasteiger partial charge on any atom is 0.257 e. The highest BCUT2D eigenvalue weighted by Crippen LogP contribution is 2.24. The van der Waals surface area contributed by atoms with Crippen molar-refractivity contribution in [2.24, 2.45) is 0 Å². The summed E-state index contributed by atoms with van der Waals surface area (Å²) in [6.07, 6.45) is 0.760. The number of amides is 1. The second-order valence-corrected chi connectivity index (χ2v) is 3.93. The summed E-state index contributed by atoms with van der Waals surface area (Å²) >= 11 is 0. The Bertz CT molecular complexity index is 351. The van der Waals surface area contributed by atoms with Crippen LogP contribution in [-0.4, -0.2) is 31.1 Å². The molecule has 4 heteroatoms. The van der Waals surface area contributed by atoms with Gasteiger partial charge in [-0.2, -0.15) is 0 Å². The zero-order chi connectivity index (χ0) is 10.8. The zero-order valence-corrected chi connectivity index (χ0v) is 8.95. The van der Waals surface area contributed by atoms with Gasteiger partial charge in [0.1, 0.15) is 6.04 Å². The highest BCUT2D eigenvalue weighted by atomic mass is 16.2. The molecule has 2 rings (SSSR count). The largest absolute Gasteiger partial charge is 0.373 e. The van der Waals surface area contributed by atoms with E-state index in [2.05, 4.69) is 10.7 Å². The topological polar surface area (TPSA) is 44.4 Å². The number of benzene rings is 1. The minimum Gasteiger partial charge on any atom is -0.373 e. The van der Waals surface area contributed by atoms with E-state index < -0.39 is 0 Å². The summed E-state index contributed by atoms with van der Waals surface area (Å²) < 4.78 is 0. The molecule has 0 saturated heterocycles. The molecule has 0 fully saturated rings. The molecule has 1 amide bonds. The Kier molecular flexibility index (Phi) is 2.60. The first-order valence-electron chi connectivity index (χ1n) is 4.99. The van der Waals surface area contributed by atoms with E-state index in [0.717, 1.165) is 12.1 Å². The van der Waals surface area contributed by atoms with Crippen molar-refractivity contribution in [2.45, 2.75) is 12.5 Å². The van der Waals surface area contributed by atoms with Crippen LogP contribution in [0.2, 0.25) is 0 Å². The first-order valence-corrected chi connectivity index (χ1v) is 4.99. The van der Waals surface area contributed by atoms with Crippen molar-refractivity contribution in [3.63, 3.8) is 0 Å². The van der Waals surface area contributed by atoms with E-state index in [1.54, 1.807) is 19.1 Å². The Hall–Kier alpha value is -1.55. The van der Waals surface area contributed by atoms with E-state index in [-0.39, 0.29) is 11.9 Å². The van der Waals surface area contributed by atoms with Gasteiger partial charge in [0.2, 0.25) is 0 Å². The summed E-state index contributed by atoms with van der Waals surface area (Å²) in [7, 11) is 3.61.